The van der Waals surface area contributed by atoms with Gasteiger partial charge in [-0.2, -0.15) is 0 Å². The van der Waals surface area contributed by atoms with E-state index in [1.54, 1.807) is 36.6 Å². The third-order valence-corrected chi connectivity index (χ3v) is 5.74. The molecule has 0 aliphatic carbocycles. The Labute approximate surface area is 183 Å². The minimum atomic E-state index is -0.568. The van der Waals surface area contributed by atoms with Crippen molar-refractivity contribution < 1.29 is 23.1 Å². The molecule has 4 rings (SSSR count). The second kappa shape index (κ2) is 8.41. The molecule has 0 atom stereocenters. The molecule has 30 heavy (non-hydrogen) atoms. The Kier molecular flexibility index (Phi) is 5.69. The standard InChI is InChI=1S/C22H15BrFNO4S/c1-2-28-22(27)19-16(12-3-6-15(24)7-4-12)11-30-21(19)25-20(26)18-10-13-9-14(23)5-8-17(13)29-18/h3-11H,2H2,1H3,(H,25,26). The first-order valence-electron chi connectivity index (χ1n) is 9.01. The van der Waals surface area contributed by atoms with Gasteiger partial charge in [0.05, 0.1) is 6.61 Å². The summed E-state index contributed by atoms with van der Waals surface area (Å²) < 4.78 is 25.0. The number of rotatable bonds is 5. The number of thiophene rings is 1. The number of hydrogen-bond donors (Lipinski definition) is 1. The number of anilines is 1. The van der Waals surface area contributed by atoms with Crippen molar-refractivity contribution in [2.24, 2.45) is 0 Å². The van der Waals surface area contributed by atoms with Crippen LogP contribution in [0.5, 0.6) is 0 Å². The van der Waals surface area contributed by atoms with E-state index in [4.69, 9.17) is 9.15 Å². The van der Waals surface area contributed by atoms with Crippen LogP contribution in [-0.4, -0.2) is 18.5 Å². The van der Waals surface area contributed by atoms with Gasteiger partial charge in [-0.1, -0.05) is 28.1 Å². The average Bonchev–Trinajstić information content (AvgIpc) is 3.32. The molecule has 1 N–H and O–H groups in total. The molecule has 0 aliphatic heterocycles. The third kappa shape index (κ3) is 4.01. The molecule has 2 aromatic heterocycles. The largest absolute Gasteiger partial charge is 0.462 e. The summed E-state index contributed by atoms with van der Waals surface area (Å²) in [4.78, 5) is 25.4. The predicted molar refractivity (Wildman–Crippen MR) is 118 cm³/mol. The number of esters is 1. The molecule has 5 nitrogen and oxygen atoms in total. The monoisotopic (exact) mass is 487 g/mol. The Morgan fingerprint density at radius 2 is 1.93 bits per heavy atom. The van der Waals surface area contributed by atoms with Crippen LogP contribution in [0.4, 0.5) is 9.39 Å². The lowest BCUT2D eigenvalue weighted by molar-refractivity contribution is 0.0529. The number of benzene rings is 2. The number of hydrogen-bond acceptors (Lipinski definition) is 5. The molecule has 4 aromatic rings. The van der Waals surface area contributed by atoms with Crippen molar-refractivity contribution in [3.05, 3.63) is 75.5 Å². The third-order valence-electron chi connectivity index (χ3n) is 4.36. The summed E-state index contributed by atoms with van der Waals surface area (Å²) in [5, 5.41) is 5.58. The van der Waals surface area contributed by atoms with Gasteiger partial charge >= 0.3 is 5.97 Å². The fourth-order valence-electron chi connectivity index (χ4n) is 2.99. The van der Waals surface area contributed by atoms with Crippen LogP contribution < -0.4 is 5.32 Å². The van der Waals surface area contributed by atoms with Crippen LogP contribution in [0.15, 0.2) is 62.8 Å². The van der Waals surface area contributed by atoms with Crippen LogP contribution in [0.25, 0.3) is 22.1 Å². The molecule has 0 saturated carbocycles. The smallest absolute Gasteiger partial charge is 0.341 e. The molecule has 8 heteroatoms. The van der Waals surface area contributed by atoms with Gasteiger partial charge in [-0.05, 0) is 48.9 Å². The zero-order valence-corrected chi connectivity index (χ0v) is 18.1. The van der Waals surface area contributed by atoms with Crippen molar-refractivity contribution in [3.8, 4) is 11.1 Å². The fraction of sp³-hybridized carbons (Fsp3) is 0.0909. The van der Waals surface area contributed by atoms with E-state index in [1.165, 1.54) is 23.5 Å². The first-order valence-corrected chi connectivity index (χ1v) is 10.7. The highest BCUT2D eigenvalue weighted by Gasteiger charge is 2.24. The highest BCUT2D eigenvalue weighted by Crippen LogP contribution is 2.37. The summed E-state index contributed by atoms with van der Waals surface area (Å²) >= 11 is 4.57. The molecule has 152 valence electrons. The Morgan fingerprint density at radius 3 is 2.67 bits per heavy atom. The second-order valence-corrected chi connectivity index (χ2v) is 8.12. The molecule has 0 aliphatic rings. The minimum Gasteiger partial charge on any atom is -0.462 e. The number of carbonyl (C=O) groups excluding carboxylic acids is 2. The van der Waals surface area contributed by atoms with Crippen LogP contribution in [-0.2, 0) is 4.74 Å². The van der Waals surface area contributed by atoms with Crippen molar-refractivity contribution in [2.45, 2.75) is 6.92 Å². The summed E-state index contributed by atoms with van der Waals surface area (Å²) in [5.74, 6) is -1.31. The van der Waals surface area contributed by atoms with Gasteiger partial charge in [0, 0.05) is 20.8 Å². The molecular formula is C22H15BrFNO4S. The lowest BCUT2D eigenvalue weighted by Gasteiger charge is -2.08. The van der Waals surface area contributed by atoms with Gasteiger partial charge in [0.25, 0.3) is 5.91 Å². The summed E-state index contributed by atoms with van der Waals surface area (Å²) in [5.41, 5.74) is 2.00. The van der Waals surface area contributed by atoms with Crippen molar-refractivity contribution >= 4 is 55.1 Å². The second-order valence-electron chi connectivity index (χ2n) is 6.33. The number of furan rings is 1. The molecule has 1 amide bonds. The maximum absolute atomic E-state index is 13.3. The Morgan fingerprint density at radius 1 is 1.17 bits per heavy atom. The number of ether oxygens (including phenoxy) is 1. The van der Waals surface area contributed by atoms with Crippen LogP contribution in [0.3, 0.4) is 0 Å². The van der Waals surface area contributed by atoms with E-state index < -0.39 is 11.9 Å². The fourth-order valence-corrected chi connectivity index (χ4v) is 4.32. The van der Waals surface area contributed by atoms with E-state index >= 15 is 0 Å². The van der Waals surface area contributed by atoms with Crippen molar-refractivity contribution in [3.63, 3.8) is 0 Å². The van der Waals surface area contributed by atoms with E-state index in [9.17, 15) is 14.0 Å². The van der Waals surface area contributed by atoms with Crippen molar-refractivity contribution in [2.75, 3.05) is 11.9 Å². The molecule has 0 saturated heterocycles. The van der Waals surface area contributed by atoms with Gasteiger partial charge in [-0.25, -0.2) is 9.18 Å². The van der Waals surface area contributed by atoms with Gasteiger partial charge in [-0.15, -0.1) is 11.3 Å². The first kappa shape index (κ1) is 20.3. The van der Waals surface area contributed by atoms with Gasteiger partial charge in [0.15, 0.2) is 5.76 Å². The maximum Gasteiger partial charge on any atom is 0.341 e. The average molecular weight is 488 g/mol. The van der Waals surface area contributed by atoms with Crippen LogP contribution in [0.2, 0.25) is 0 Å². The Bertz CT molecular complexity index is 1250. The Balaban J connectivity index is 1.69. The van der Waals surface area contributed by atoms with Crippen LogP contribution in [0.1, 0.15) is 27.8 Å². The highest BCUT2D eigenvalue weighted by atomic mass is 79.9. The molecule has 2 heterocycles. The maximum atomic E-state index is 13.3. The summed E-state index contributed by atoms with van der Waals surface area (Å²) in [6.45, 7) is 1.88. The number of amides is 1. The summed E-state index contributed by atoms with van der Waals surface area (Å²) in [6.07, 6.45) is 0. The zero-order valence-electron chi connectivity index (χ0n) is 15.7. The molecule has 0 spiro atoms. The highest BCUT2D eigenvalue weighted by molar-refractivity contribution is 9.10. The molecule has 0 bridgehead atoms. The van der Waals surface area contributed by atoms with Crippen LogP contribution in [0, 0.1) is 5.82 Å². The number of carbonyl (C=O) groups is 2. The normalized spacial score (nSPS) is 10.9. The number of nitrogens with one attached hydrogen (secondary N) is 1. The molecule has 2 aromatic carbocycles. The first-order chi connectivity index (χ1) is 14.5. The molecule has 0 radical (unpaired) electrons. The van der Waals surface area contributed by atoms with E-state index in [0.717, 1.165) is 9.86 Å². The number of halogens is 2. The van der Waals surface area contributed by atoms with E-state index in [2.05, 4.69) is 21.2 Å². The molecular weight excluding hydrogens is 473 g/mol. The molecule has 0 fully saturated rings. The van der Waals surface area contributed by atoms with Crippen molar-refractivity contribution in [1.82, 2.24) is 0 Å². The van der Waals surface area contributed by atoms with E-state index in [-0.39, 0.29) is 23.7 Å². The summed E-state index contributed by atoms with van der Waals surface area (Å²) in [7, 11) is 0. The topological polar surface area (TPSA) is 68.5 Å². The quantitative estimate of drug-likeness (QED) is 0.326. The van der Waals surface area contributed by atoms with Gasteiger partial charge in [0.2, 0.25) is 0 Å². The van der Waals surface area contributed by atoms with E-state index in [1.807, 2.05) is 12.1 Å². The van der Waals surface area contributed by atoms with Gasteiger partial charge in [-0.3, -0.25) is 4.79 Å². The van der Waals surface area contributed by atoms with E-state index in [0.29, 0.717) is 21.7 Å². The summed E-state index contributed by atoms with van der Waals surface area (Å²) in [6, 6.07) is 12.8. The van der Waals surface area contributed by atoms with Gasteiger partial charge in [0.1, 0.15) is 22.0 Å². The molecule has 0 unspecified atom stereocenters. The van der Waals surface area contributed by atoms with Gasteiger partial charge < -0.3 is 14.5 Å². The number of fused-ring (bicyclic) bond motifs is 1. The Hall–Kier alpha value is -2.97. The lowest BCUT2D eigenvalue weighted by atomic mass is 10.0. The predicted octanol–water partition coefficient (Wildman–Crippen LogP) is 6.49. The van der Waals surface area contributed by atoms with Crippen LogP contribution >= 0.6 is 27.3 Å². The van der Waals surface area contributed by atoms with Crippen molar-refractivity contribution in [1.29, 1.82) is 0 Å². The zero-order chi connectivity index (χ0) is 21.3. The lowest BCUT2D eigenvalue weighted by Crippen LogP contribution is -2.14. The minimum absolute atomic E-state index is 0.120. The SMILES string of the molecule is CCOC(=O)c1c(-c2ccc(F)cc2)csc1NC(=O)c1cc2cc(Br)ccc2o1.